The Kier molecular flexibility index (Phi) is 6.24. The van der Waals surface area contributed by atoms with Crippen molar-refractivity contribution >= 4 is 46.2 Å². The van der Waals surface area contributed by atoms with Gasteiger partial charge < -0.3 is 5.73 Å². The predicted molar refractivity (Wildman–Crippen MR) is 140 cm³/mol. The first-order chi connectivity index (χ1) is 17.1. The van der Waals surface area contributed by atoms with Gasteiger partial charge in [0.15, 0.2) is 0 Å². The lowest BCUT2D eigenvalue weighted by Gasteiger charge is -2.25. The van der Waals surface area contributed by atoms with Crippen LogP contribution < -0.4 is 10.6 Å². The normalized spacial score (nSPS) is 12.1. The molecule has 0 saturated heterocycles. The van der Waals surface area contributed by atoms with Crippen LogP contribution in [0.25, 0.3) is 10.4 Å². The van der Waals surface area contributed by atoms with Crippen LogP contribution in [0.1, 0.15) is 22.3 Å². The zero-order valence-corrected chi connectivity index (χ0v) is 20.2. The highest BCUT2D eigenvalue weighted by atomic mass is 32.2. The fourth-order valence-electron chi connectivity index (χ4n) is 4.31. The first-order valence-corrected chi connectivity index (χ1v) is 12.8. The Balaban J connectivity index is 1.53. The van der Waals surface area contributed by atoms with E-state index in [2.05, 4.69) is 29.3 Å². The summed E-state index contributed by atoms with van der Waals surface area (Å²) in [5.41, 5.74) is 11.0. The van der Waals surface area contributed by atoms with Gasteiger partial charge in [-0.2, -0.15) is 10.5 Å². The third-order valence-corrected chi connectivity index (χ3v) is 7.74. The SMILES string of the molecule is N#Cc1c(N)nc(SCC(=O)N2c3ccccc3CCc3ccccc32)c(C#N)c1-c1cccs1. The average Bonchev–Trinajstić information content (AvgIpc) is 3.36. The van der Waals surface area contributed by atoms with Crippen LogP contribution in [0.15, 0.2) is 71.1 Å². The largest absolute Gasteiger partial charge is 0.383 e. The number of thiophene rings is 1. The second-order valence-electron chi connectivity index (χ2n) is 7.90. The Morgan fingerprint density at radius 2 is 1.60 bits per heavy atom. The first kappa shape index (κ1) is 22.7. The fraction of sp³-hybridized carbons (Fsp3) is 0.111. The lowest BCUT2D eigenvalue weighted by Crippen LogP contribution is -2.28. The van der Waals surface area contributed by atoms with Gasteiger partial charge in [0.1, 0.15) is 28.5 Å². The van der Waals surface area contributed by atoms with Crippen LogP contribution in [-0.4, -0.2) is 16.6 Å². The Hall–Kier alpha value is -4.11. The zero-order chi connectivity index (χ0) is 24.4. The maximum absolute atomic E-state index is 13.7. The average molecular weight is 494 g/mol. The minimum atomic E-state index is -0.122. The molecule has 8 heteroatoms. The number of pyridine rings is 1. The van der Waals surface area contributed by atoms with Gasteiger partial charge in [0, 0.05) is 10.4 Å². The molecule has 1 aliphatic heterocycles. The van der Waals surface area contributed by atoms with Gasteiger partial charge in [0.25, 0.3) is 0 Å². The molecule has 2 aromatic heterocycles. The molecule has 1 amide bonds. The summed E-state index contributed by atoms with van der Waals surface area (Å²) in [4.78, 5) is 20.6. The van der Waals surface area contributed by atoms with E-state index in [1.54, 1.807) is 4.90 Å². The van der Waals surface area contributed by atoms with E-state index < -0.39 is 0 Å². The van der Waals surface area contributed by atoms with Crippen molar-refractivity contribution in [1.82, 2.24) is 4.98 Å². The van der Waals surface area contributed by atoms with Gasteiger partial charge in [-0.15, -0.1) is 11.3 Å². The van der Waals surface area contributed by atoms with Gasteiger partial charge in [0.2, 0.25) is 5.91 Å². The molecule has 0 aliphatic carbocycles. The maximum Gasteiger partial charge on any atom is 0.241 e. The zero-order valence-electron chi connectivity index (χ0n) is 18.6. The van der Waals surface area contributed by atoms with Crippen LogP contribution in [-0.2, 0) is 17.6 Å². The molecule has 2 N–H and O–H groups in total. The van der Waals surface area contributed by atoms with Crippen molar-refractivity contribution in [2.75, 3.05) is 16.4 Å². The number of nitriles is 2. The van der Waals surface area contributed by atoms with Crippen molar-refractivity contribution < 1.29 is 4.79 Å². The van der Waals surface area contributed by atoms with E-state index in [0.717, 1.165) is 52.0 Å². The van der Waals surface area contributed by atoms with Crippen LogP contribution in [0.3, 0.4) is 0 Å². The summed E-state index contributed by atoms with van der Waals surface area (Å²) in [6.07, 6.45) is 1.70. The minimum absolute atomic E-state index is 0.0512. The number of anilines is 3. The molecule has 5 rings (SSSR count). The summed E-state index contributed by atoms with van der Waals surface area (Å²) in [6.45, 7) is 0. The molecule has 0 saturated carbocycles. The number of nitrogens with two attached hydrogens (primary N) is 1. The van der Waals surface area contributed by atoms with Gasteiger partial charge in [-0.3, -0.25) is 9.69 Å². The van der Waals surface area contributed by atoms with Crippen LogP contribution in [0.4, 0.5) is 17.2 Å². The quantitative estimate of drug-likeness (QED) is 0.366. The van der Waals surface area contributed by atoms with E-state index in [9.17, 15) is 15.3 Å². The summed E-state index contributed by atoms with van der Waals surface area (Å²) in [5.74, 6) is -0.0158. The van der Waals surface area contributed by atoms with Crippen molar-refractivity contribution in [3.05, 3.63) is 88.3 Å². The molecule has 6 nitrogen and oxygen atoms in total. The molecular formula is C27H19N5OS2. The Bertz CT molecular complexity index is 1470. The number of nitrogen functional groups attached to an aromatic ring is 1. The highest BCUT2D eigenvalue weighted by molar-refractivity contribution is 8.00. The molecule has 0 radical (unpaired) electrons. The molecule has 0 unspecified atom stereocenters. The molecule has 0 bridgehead atoms. The fourth-order valence-corrected chi connectivity index (χ4v) is 5.94. The third-order valence-electron chi connectivity index (χ3n) is 5.89. The number of carbonyl (C=O) groups excluding carboxylic acids is 1. The number of hydrogen-bond donors (Lipinski definition) is 1. The van der Waals surface area contributed by atoms with Crippen LogP contribution in [0.5, 0.6) is 0 Å². The molecule has 35 heavy (non-hydrogen) atoms. The summed E-state index contributed by atoms with van der Waals surface area (Å²) >= 11 is 2.58. The van der Waals surface area contributed by atoms with Crippen molar-refractivity contribution in [2.24, 2.45) is 0 Å². The van der Waals surface area contributed by atoms with Crippen molar-refractivity contribution in [1.29, 1.82) is 10.5 Å². The monoisotopic (exact) mass is 493 g/mol. The number of thioether (sulfide) groups is 1. The van der Waals surface area contributed by atoms with Crippen LogP contribution in [0.2, 0.25) is 0 Å². The topological polar surface area (TPSA) is 107 Å². The molecule has 0 atom stereocenters. The number of rotatable bonds is 4. The summed E-state index contributed by atoms with van der Waals surface area (Å²) < 4.78 is 0. The number of carbonyl (C=O) groups is 1. The standard InChI is InChI=1S/C27H19N5OS2/c28-14-19-25(23-10-5-13-34-23)20(15-29)27(31-26(19)30)35-16-24(33)32-21-8-3-1-6-17(21)11-12-18-7-2-4-9-22(18)32/h1-10,13H,11-12,16H2,(H2,30,31). The van der Waals surface area contributed by atoms with E-state index in [1.807, 2.05) is 53.9 Å². The molecule has 4 aromatic rings. The molecular weight excluding hydrogens is 474 g/mol. The summed E-state index contributed by atoms with van der Waals surface area (Å²) in [6, 6.07) is 23.8. The molecule has 3 heterocycles. The van der Waals surface area contributed by atoms with Gasteiger partial charge in [-0.25, -0.2) is 4.98 Å². The molecule has 170 valence electrons. The molecule has 0 fully saturated rings. The number of fused-ring (bicyclic) bond motifs is 2. The van der Waals surface area contributed by atoms with Gasteiger partial charge in [-0.1, -0.05) is 54.2 Å². The van der Waals surface area contributed by atoms with Crippen molar-refractivity contribution in [3.8, 4) is 22.6 Å². The van der Waals surface area contributed by atoms with Crippen LogP contribution >= 0.6 is 23.1 Å². The number of aryl methyl sites for hydroxylation is 2. The number of para-hydroxylation sites is 2. The smallest absolute Gasteiger partial charge is 0.241 e. The summed E-state index contributed by atoms with van der Waals surface area (Å²) in [5, 5.41) is 21.9. The Morgan fingerprint density at radius 1 is 0.971 bits per heavy atom. The lowest BCUT2D eigenvalue weighted by atomic mass is 10.0. The number of amides is 1. The summed E-state index contributed by atoms with van der Waals surface area (Å²) in [7, 11) is 0. The lowest BCUT2D eigenvalue weighted by molar-refractivity contribution is -0.115. The molecule has 0 spiro atoms. The van der Waals surface area contributed by atoms with E-state index >= 15 is 0 Å². The molecule has 2 aromatic carbocycles. The highest BCUT2D eigenvalue weighted by Crippen LogP contribution is 2.39. The van der Waals surface area contributed by atoms with Crippen LogP contribution in [0, 0.1) is 22.7 Å². The van der Waals surface area contributed by atoms with Crippen molar-refractivity contribution in [2.45, 2.75) is 17.9 Å². The highest BCUT2D eigenvalue weighted by Gasteiger charge is 2.27. The van der Waals surface area contributed by atoms with E-state index in [1.165, 1.54) is 11.3 Å². The Labute approximate surface area is 211 Å². The minimum Gasteiger partial charge on any atom is -0.383 e. The van der Waals surface area contributed by atoms with Gasteiger partial charge in [0.05, 0.1) is 22.7 Å². The predicted octanol–water partition coefficient (Wildman–Crippen LogP) is 5.69. The second-order valence-corrected chi connectivity index (χ2v) is 9.82. The second kappa shape index (κ2) is 9.63. The number of aromatic nitrogens is 1. The number of benzene rings is 2. The van der Waals surface area contributed by atoms with Crippen molar-refractivity contribution in [3.63, 3.8) is 0 Å². The number of hydrogen-bond acceptors (Lipinski definition) is 7. The first-order valence-electron chi connectivity index (χ1n) is 10.9. The van der Waals surface area contributed by atoms with Gasteiger partial charge in [-0.05, 0) is 47.5 Å². The van der Waals surface area contributed by atoms with E-state index in [4.69, 9.17) is 5.73 Å². The third kappa shape index (κ3) is 4.15. The molecule has 1 aliphatic rings. The number of nitrogens with zero attached hydrogens (tertiary/aromatic N) is 4. The van der Waals surface area contributed by atoms with E-state index in [-0.39, 0.29) is 28.6 Å². The Morgan fingerprint density at radius 3 is 2.17 bits per heavy atom. The van der Waals surface area contributed by atoms with Gasteiger partial charge >= 0.3 is 0 Å². The maximum atomic E-state index is 13.7. The van der Waals surface area contributed by atoms with E-state index in [0.29, 0.717) is 10.6 Å².